The third-order valence-electron chi connectivity index (χ3n) is 3.84. The average molecular weight is 376 g/mol. The van der Waals surface area contributed by atoms with Gasteiger partial charge in [-0.1, -0.05) is 11.6 Å². The molecule has 1 aliphatic rings. The molecule has 10 heteroatoms. The van der Waals surface area contributed by atoms with Crippen molar-refractivity contribution in [2.75, 3.05) is 18.0 Å². The van der Waals surface area contributed by atoms with Gasteiger partial charge in [-0.15, -0.1) is 0 Å². The Kier molecular flexibility index (Phi) is 5.85. The first-order chi connectivity index (χ1) is 11.7. The van der Waals surface area contributed by atoms with E-state index >= 15 is 0 Å². The molecule has 1 aromatic heterocycles. The minimum absolute atomic E-state index is 0.206. The fourth-order valence-corrected chi connectivity index (χ4v) is 2.79. The first-order valence-electron chi connectivity index (χ1n) is 7.32. The number of halogens is 4. The lowest BCUT2D eigenvalue weighted by molar-refractivity contribution is -0.202. The number of pyridine rings is 1. The van der Waals surface area contributed by atoms with Crippen molar-refractivity contribution in [2.24, 2.45) is 5.92 Å². The Morgan fingerprint density at radius 2 is 2.00 bits per heavy atom. The number of piperidine rings is 1. The molecule has 1 fully saturated rings. The summed E-state index contributed by atoms with van der Waals surface area (Å²) in [7, 11) is 0. The fraction of sp³-hybridized carbons (Fsp3) is 0.467. The maximum Gasteiger partial charge on any atom is 0.491 e. The fourth-order valence-electron chi connectivity index (χ4n) is 2.59. The SMILES string of the molecule is N#Cc1c(Cl)cncc1N1CCC(CC(=O)OC(=O)C(F)(F)F)CC1. The van der Waals surface area contributed by atoms with Crippen molar-refractivity contribution < 1.29 is 27.5 Å². The highest BCUT2D eigenvalue weighted by atomic mass is 35.5. The van der Waals surface area contributed by atoms with E-state index in [4.69, 9.17) is 11.6 Å². The molecule has 0 aromatic carbocycles. The summed E-state index contributed by atoms with van der Waals surface area (Å²) in [5, 5.41) is 9.41. The Balaban J connectivity index is 1.90. The molecule has 0 unspecified atom stereocenters. The van der Waals surface area contributed by atoms with Crippen LogP contribution in [0, 0.1) is 17.2 Å². The number of nitriles is 1. The maximum atomic E-state index is 12.1. The molecule has 0 bridgehead atoms. The molecular weight excluding hydrogens is 363 g/mol. The predicted octanol–water partition coefficient (Wildman–Crippen LogP) is 2.85. The summed E-state index contributed by atoms with van der Waals surface area (Å²) in [6.45, 7) is 0.948. The number of nitrogens with zero attached hydrogens (tertiary/aromatic N) is 3. The summed E-state index contributed by atoms with van der Waals surface area (Å²) in [6, 6.07) is 2.01. The van der Waals surface area contributed by atoms with Gasteiger partial charge in [0.25, 0.3) is 0 Å². The molecule has 0 spiro atoms. The van der Waals surface area contributed by atoms with E-state index in [1.165, 1.54) is 12.4 Å². The van der Waals surface area contributed by atoms with Gasteiger partial charge in [0.05, 0.1) is 22.5 Å². The Morgan fingerprint density at radius 1 is 1.36 bits per heavy atom. The van der Waals surface area contributed by atoms with Gasteiger partial charge < -0.3 is 9.64 Å². The van der Waals surface area contributed by atoms with Gasteiger partial charge in [-0.3, -0.25) is 9.78 Å². The van der Waals surface area contributed by atoms with E-state index in [-0.39, 0.29) is 17.4 Å². The zero-order chi connectivity index (χ0) is 18.6. The zero-order valence-electron chi connectivity index (χ0n) is 12.8. The molecule has 1 aliphatic heterocycles. The third kappa shape index (κ3) is 4.82. The van der Waals surface area contributed by atoms with Crippen LogP contribution in [0.15, 0.2) is 12.4 Å². The minimum atomic E-state index is -5.19. The van der Waals surface area contributed by atoms with Gasteiger partial charge in [-0.25, -0.2) is 4.79 Å². The summed E-state index contributed by atoms with van der Waals surface area (Å²) in [6.07, 6.45) is -1.59. The number of rotatable bonds is 3. The van der Waals surface area contributed by atoms with Gasteiger partial charge in [0.1, 0.15) is 6.07 Å². The molecule has 0 radical (unpaired) electrons. The molecule has 0 amide bonds. The van der Waals surface area contributed by atoms with E-state index in [1.807, 2.05) is 11.0 Å². The molecule has 2 heterocycles. The lowest BCUT2D eigenvalue weighted by Crippen LogP contribution is -2.35. The monoisotopic (exact) mass is 375 g/mol. The number of carbonyl (C=O) groups excluding carboxylic acids is 2. The molecule has 2 rings (SSSR count). The first kappa shape index (κ1) is 19.0. The lowest BCUT2D eigenvalue weighted by Gasteiger charge is -2.33. The van der Waals surface area contributed by atoms with Crippen LogP contribution in [0.2, 0.25) is 5.02 Å². The Morgan fingerprint density at radius 3 is 2.56 bits per heavy atom. The number of hydrogen-bond donors (Lipinski definition) is 0. The van der Waals surface area contributed by atoms with Gasteiger partial charge in [0.15, 0.2) is 0 Å². The molecule has 0 atom stereocenters. The highest BCUT2D eigenvalue weighted by molar-refractivity contribution is 6.32. The highest BCUT2D eigenvalue weighted by Gasteiger charge is 2.42. The third-order valence-corrected chi connectivity index (χ3v) is 4.13. The molecule has 1 aromatic rings. The second-order valence-corrected chi connectivity index (χ2v) is 5.93. The van der Waals surface area contributed by atoms with Crippen LogP contribution in [0.5, 0.6) is 0 Å². The van der Waals surface area contributed by atoms with Crippen molar-refractivity contribution in [1.82, 2.24) is 4.98 Å². The minimum Gasteiger partial charge on any atom is -0.386 e. The van der Waals surface area contributed by atoms with Gasteiger partial charge in [-0.2, -0.15) is 18.4 Å². The summed E-state index contributed by atoms with van der Waals surface area (Å²) in [5.74, 6) is -3.90. The van der Waals surface area contributed by atoms with Crippen molar-refractivity contribution in [3.05, 3.63) is 23.0 Å². The molecule has 0 saturated carbocycles. The molecule has 0 aliphatic carbocycles. The van der Waals surface area contributed by atoms with Crippen LogP contribution in [-0.2, 0) is 14.3 Å². The molecule has 1 saturated heterocycles. The van der Waals surface area contributed by atoms with Crippen molar-refractivity contribution in [3.8, 4) is 6.07 Å². The lowest BCUT2D eigenvalue weighted by atomic mass is 9.93. The number of carbonyl (C=O) groups is 2. The largest absolute Gasteiger partial charge is 0.491 e. The van der Waals surface area contributed by atoms with Crippen LogP contribution in [0.3, 0.4) is 0 Å². The average Bonchev–Trinajstić information content (AvgIpc) is 2.54. The van der Waals surface area contributed by atoms with Crippen molar-refractivity contribution >= 4 is 29.2 Å². The van der Waals surface area contributed by atoms with E-state index < -0.39 is 18.1 Å². The number of ether oxygens (including phenoxy) is 1. The van der Waals surface area contributed by atoms with E-state index in [1.54, 1.807) is 0 Å². The topological polar surface area (TPSA) is 83.3 Å². The molecule has 134 valence electrons. The number of anilines is 1. The summed E-state index contributed by atoms with van der Waals surface area (Å²) in [4.78, 5) is 27.9. The second-order valence-electron chi connectivity index (χ2n) is 5.52. The van der Waals surface area contributed by atoms with E-state index in [0.29, 0.717) is 37.2 Å². The highest BCUT2D eigenvalue weighted by Crippen LogP contribution is 2.30. The van der Waals surface area contributed by atoms with Crippen LogP contribution < -0.4 is 4.90 Å². The maximum absolute atomic E-state index is 12.1. The molecule has 0 N–H and O–H groups in total. The van der Waals surface area contributed by atoms with Crippen molar-refractivity contribution in [1.29, 1.82) is 5.26 Å². The van der Waals surface area contributed by atoms with Crippen LogP contribution in [0.1, 0.15) is 24.8 Å². The smallest absolute Gasteiger partial charge is 0.386 e. The van der Waals surface area contributed by atoms with Gasteiger partial charge in [0, 0.05) is 25.7 Å². The van der Waals surface area contributed by atoms with Crippen LogP contribution in [-0.4, -0.2) is 36.2 Å². The van der Waals surface area contributed by atoms with Crippen molar-refractivity contribution in [3.63, 3.8) is 0 Å². The number of hydrogen-bond acceptors (Lipinski definition) is 6. The molecule has 6 nitrogen and oxygen atoms in total. The van der Waals surface area contributed by atoms with Gasteiger partial charge >= 0.3 is 18.1 Å². The van der Waals surface area contributed by atoms with Gasteiger partial charge in [-0.05, 0) is 18.8 Å². The zero-order valence-corrected chi connectivity index (χ0v) is 13.6. The Labute approximate surface area is 146 Å². The summed E-state index contributed by atoms with van der Waals surface area (Å²) in [5.41, 5.74) is 0.869. The van der Waals surface area contributed by atoms with E-state index in [0.717, 1.165) is 0 Å². The normalized spacial score (nSPS) is 15.6. The molecular formula is C15H13ClF3N3O3. The quantitative estimate of drug-likeness (QED) is 0.596. The molecule has 25 heavy (non-hydrogen) atoms. The van der Waals surface area contributed by atoms with E-state index in [9.17, 15) is 28.0 Å². The van der Waals surface area contributed by atoms with Crippen LogP contribution >= 0.6 is 11.6 Å². The first-order valence-corrected chi connectivity index (χ1v) is 7.70. The number of esters is 2. The number of aromatic nitrogens is 1. The second kappa shape index (κ2) is 7.70. The summed E-state index contributed by atoms with van der Waals surface area (Å²) >= 11 is 5.93. The standard InChI is InChI=1S/C15H13ClF3N3O3/c16-11-7-21-8-12(10(11)6-20)22-3-1-9(2-4-22)5-13(23)25-14(24)15(17,18)19/h7-9H,1-5H2. The van der Waals surface area contributed by atoms with Crippen LogP contribution in [0.25, 0.3) is 0 Å². The summed E-state index contributed by atoms with van der Waals surface area (Å²) < 4.78 is 40.0. The van der Waals surface area contributed by atoms with E-state index in [2.05, 4.69) is 9.72 Å². The van der Waals surface area contributed by atoms with Crippen LogP contribution in [0.4, 0.5) is 18.9 Å². The Hall–Kier alpha value is -2.34. The predicted molar refractivity (Wildman–Crippen MR) is 80.7 cm³/mol. The van der Waals surface area contributed by atoms with Gasteiger partial charge in [0.2, 0.25) is 0 Å². The Bertz CT molecular complexity index is 710. The van der Waals surface area contributed by atoms with Crippen molar-refractivity contribution in [2.45, 2.75) is 25.4 Å². The number of alkyl halides is 3.